The molecule has 0 saturated carbocycles. The van der Waals surface area contributed by atoms with Gasteiger partial charge in [0.1, 0.15) is 0 Å². The first-order valence-corrected chi connectivity index (χ1v) is 38.8. The van der Waals surface area contributed by atoms with Crippen LogP contribution in [0.2, 0.25) is 0 Å². The van der Waals surface area contributed by atoms with E-state index in [0.717, 1.165) is 11.8 Å². The Hall–Kier alpha value is 0. The average molecular weight is 1100 g/mol. The highest BCUT2D eigenvalue weighted by Crippen LogP contribution is 2.29. The molecular weight excluding hydrogens is 937 g/mol. The van der Waals surface area contributed by atoms with Gasteiger partial charge in [-0.05, 0) is 11.8 Å². The Morgan fingerprint density at radius 2 is 0.179 bits per heavy atom. The van der Waals surface area contributed by atoms with E-state index in [0.29, 0.717) is 0 Å². The molecule has 0 heteroatoms. The van der Waals surface area contributed by atoms with Crippen molar-refractivity contribution in [2.45, 2.75) is 490 Å². The van der Waals surface area contributed by atoms with Crippen LogP contribution < -0.4 is 0 Å². The summed E-state index contributed by atoms with van der Waals surface area (Å²) in [6.07, 6.45) is 107. The summed E-state index contributed by atoms with van der Waals surface area (Å²) >= 11 is 0. The van der Waals surface area contributed by atoms with Crippen LogP contribution in [0.1, 0.15) is 490 Å². The van der Waals surface area contributed by atoms with Crippen molar-refractivity contribution in [1.29, 1.82) is 0 Å². The molecule has 470 valence electrons. The maximum atomic E-state index is 2.33. The SMILES string of the molecule is CCCCCCCCCCCCCCCCCCCC(CCCCCCCCCCCCCCCCC)CCCCC(CCCCCCCCCCCCCCCCC)CCCCCCCCCCCCCCCCCCC. The molecule has 0 nitrogen and oxygen atoms in total. The molecule has 0 spiro atoms. The maximum absolute atomic E-state index is 2.33. The van der Waals surface area contributed by atoms with E-state index < -0.39 is 0 Å². The Morgan fingerprint density at radius 3 is 0.282 bits per heavy atom. The first-order chi connectivity index (χ1) is 38.8. The average Bonchev–Trinajstić information content (AvgIpc) is 3.45. The van der Waals surface area contributed by atoms with Crippen molar-refractivity contribution >= 4 is 0 Å². The molecule has 0 aliphatic heterocycles. The second kappa shape index (κ2) is 73.1. The third-order valence-electron chi connectivity index (χ3n) is 19.3. The fraction of sp³-hybridized carbons (Fsp3) is 1.00. The van der Waals surface area contributed by atoms with Crippen LogP contribution in [0.4, 0.5) is 0 Å². The second-order valence-electron chi connectivity index (χ2n) is 27.4. The van der Waals surface area contributed by atoms with Crippen LogP contribution in [-0.4, -0.2) is 0 Å². The lowest BCUT2D eigenvalue weighted by molar-refractivity contribution is 0.337. The van der Waals surface area contributed by atoms with Crippen LogP contribution in [0.5, 0.6) is 0 Å². The summed E-state index contributed by atoms with van der Waals surface area (Å²) in [7, 11) is 0. The van der Waals surface area contributed by atoms with E-state index in [1.165, 1.54) is 424 Å². The van der Waals surface area contributed by atoms with Crippen LogP contribution in [0, 0.1) is 11.8 Å². The minimum atomic E-state index is 1.02. The quantitative estimate of drug-likeness (QED) is 0.0533. The van der Waals surface area contributed by atoms with Gasteiger partial charge >= 0.3 is 0 Å². The van der Waals surface area contributed by atoms with Crippen LogP contribution in [0.25, 0.3) is 0 Å². The van der Waals surface area contributed by atoms with Crippen LogP contribution in [-0.2, 0) is 0 Å². The van der Waals surface area contributed by atoms with E-state index in [4.69, 9.17) is 0 Å². The van der Waals surface area contributed by atoms with Gasteiger partial charge < -0.3 is 0 Å². The smallest absolute Gasteiger partial charge is 0.0414 e. The van der Waals surface area contributed by atoms with Crippen molar-refractivity contribution < 1.29 is 0 Å². The third-order valence-corrected chi connectivity index (χ3v) is 19.3. The first-order valence-electron chi connectivity index (χ1n) is 38.8. The zero-order valence-electron chi connectivity index (χ0n) is 56.1. The summed E-state index contributed by atoms with van der Waals surface area (Å²) in [5.74, 6) is 2.03. The predicted octanol–water partition coefficient (Wildman–Crippen LogP) is 30.4. The molecule has 0 saturated heterocycles. The zero-order valence-corrected chi connectivity index (χ0v) is 56.1. The van der Waals surface area contributed by atoms with Gasteiger partial charge in [0.2, 0.25) is 0 Å². The zero-order chi connectivity index (χ0) is 56.1. The molecule has 0 aliphatic carbocycles. The molecule has 2 atom stereocenters. The summed E-state index contributed by atoms with van der Waals surface area (Å²) in [5.41, 5.74) is 0. The van der Waals surface area contributed by atoms with Gasteiger partial charge in [-0.15, -0.1) is 0 Å². The Kier molecular flexibility index (Phi) is 73.1. The summed E-state index contributed by atoms with van der Waals surface area (Å²) in [6.45, 7) is 9.33. The van der Waals surface area contributed by atoms with E-state index >= 15 is 0 Å². The number of rotatable bonds is 73. The largest absolute Gasteiger partial charge is 0.0654 e. The van der Waals surface area contributed by atoms with Crippen molar-refractivity contribution in [2.75, 3.05) is 0 Å². The molecule has 0 aromatic heterocycles. The lowest BCUT2D eigenvalue weighted by Gasteiger charge is -2.20. The number of unbranched alkanes of at least 4 members (excludes halogenated alkanes) is 61. The highest BCUT2D eigenvalue weighted by atomic mass is 14.2. The lowest BCUT2D eigenvalue weighted by Crippen LogP contribution is -2.04. The summed E-state index contributed by atoms with van der Waals surface area (Å²) in [4.78, 5) is 0. The molecule has 0 aromatic carbocycles. The second-order valence-corrected chi connectivity index (χ2v) is 27.4. The highest BCUT2D eigenvalue weighted by molar-refractivity contribution is 4.66. The number of hydrogen-bond donors (Lipinski definition) is 0. The van der Waals surface area contributed by atoms with Crippen molar-refractivity contribution in [1.82, 2.24) is 0 Å². The molecule has 0 N–H and O–H groups in total. The van der Waals surface area contributed by atoms with Gasteiger partial charge in [0.05, 0.1) is 0 Å². The van der Waals surface area contributed by atoms with E-state index in [2.05, 4.69) is 27.7 Å². The molecule has 0 bridgehead atoms. The fourth-order valence-electron chi connectivity index (χ4n) is 13.7. The highest BCUT2D eigenvalue weighted by Gasteiger charge is 2.13. The van der Waals surface area contributed by atoms with Crippen LogP contribution in [0.3, 0.4) is 0 Å². The Labute approximate surface area is 499 Å². The van der Waals surface area contributed by atoms with E-state index in [-0.39, 0.29) is 0 Å². The maximum Gasteiger partial charge on any atom is -0.0414 e. The summed E-state index contributed by atoms with van der Waals surface area (Å²) in [5, 5.41) is 0. The van der Waals surface area contributed by atoms with Crippen molar-refractivity contribution in [3.63, 3.8) is 0 Å². The van der Waals surface area contributed by atoms with Crippen LogP contribution in [0.15, 0.2) is 0 Å². The summed E-state index contributed by atoms with van der Waals surface area (Å²) in [6, 6.07) is 0. The van der Waals surface area contributed by atoms with Gasteiger partial charge in [0.25, 0.3) is 0 Å². The molecule has 0 heterocycles. The first kappa shape index (κ1) is 78.0. The topological polar surface area (TPSA) is 0 Å². The van der Waals surface area contributed by atoms with Gasteiger partial charge in [-0.2, -0.15) is 0 Å². The molecule has 2 unspecified atom stereocenters. The van der Waals surface area contributed by atoms with E-state index in [1.807, 2.05) is 0 Å². The Balaban J connectivity index is 4.74. The molecule has 0 fully saturated rings. The third kappa shape index (κ3) is 68.5. The normalized spacial score (nSPS) is 12.6. The minimum Gasteiger partial charge on any atom is -0.0654 e. The summed E-state index contributed by atoms with van der Waals surface area (Å²) < 4.78 is 0. The Morgan fingerprint density at radius 1 is 0.103 bits per heavy atom. The van der Waals surface area contributed by atoms with Gasteiger partial charge in [-0.1, -0.05) is 490 Å². The van der Waals surface area contributed by atoms with Gasteiger partial charge in [-0.3, -0.25) is 0 Å². The molecule has 0 amide bonds. The molecule has 0 radical (unpaired) electrons. The molecular formula is C78H158. The standard InChI is InChI=1S/C78H158/c1-5-9-13-17-21-25-29-33-37-39-43-47-51-55-59-63-67-73-77(71-65-61-57-53-49-45-41-35-31-27-23-19-15-11-7-3)75-69-70-76-78(72-66-62-58-54-50-46-42-36-32-28-24-20-16-12-8-4)74-68-64-60-56-52-48-44-40-38-34-30-26-22-18-14-10-6-2/h77-78H,5-76H2,1-4H3. The molecule has 0 rings (SSSR count). The van der Waals surface area contributed by atoms with Crippen molar-refractivity contribution in [3.05, 3.63) is 0 Å². The van der Waals surface area contributed by atoms with Crippen molar-refractivity contribution in [2.24, 2.45) is 11.8 Å². The Bertz CT molecular complexity index is 903. The minimum absolute atomic E-state index is 1.02. The number of hydrogen-bond acceptors (Lipinski definition) is 0. The van der Waals surface area contributed by atoms with Gasteiger partial charge in [0.15, 0.2) is 0 Å². The van der Waals surface area contributed by atoms with E-state index in [1.54, 1.807) is 38.5 Å². The van der Waals surface area contributed by atoms with E-state index in [9.17, 15) is 0 Å². The van der Waals surface area contributed by atoms with Gasteiger partial charge in [0, 0.05) is 0 Å². The molecule has 78 heavy (non-hydrogen) atoms. The predicted molar refractivity (Wildman–Crippen MR) is 362 cm³/mol. The molecule has 0 aliphatic rings. The van der Waals surface area contributed by atoms with Crippen molar-refractivity contribution in [3.8, 4) is 0 Å². The molecule has 0 aromatic rings. The fourth-order valence-corrected chi connectivity index (χ4v) is 13.7. The van der Waals surface area contributed by atoms with Crippen LogP contribution >= 0.6 is 0 Å². The van der Waals surface area contributed by atoms with Gasteiger partial charge in [-0.25, -0.2) is 0 Å². The lowest BCUT2D eigenvalue weighted by atomic mass is 9.86. The monoisotopic (exact) mass is 1100 g/mol.